The van der Waals surface area contributed by atoms with Gasteiger partial charge >= 0.3 is 0 Å². The normalized spacial score (nSPS) is 28.9. The Balaban J connectivity index is 1.28. The molecule has 0 amide bonds. The minimum atomic E-state index is -1.83. The van der Waals surface area contributed by atoms with Crippen LogP contribution in [0.25, 0.3) is 0 Å². The maximum absolute atomic E-state index is 11.2. The number of hydrogen-bond donors (Lipinski definition) is 3. The molecule has 11 nitrogen and oxygen atoms in total. The molecule has 0 unspecified atom stereocenters. The van der Waals surface area contributed by atoms with Gasteiger partial charge in [0.2, 0.25) is 5.79 Å². The van der Waals surface area contributed by atoms with Crippen LogP contribution in [0.4, 0.5) is 0 Å². The van der Waals surface area contributed by atoms with Crippen LogP contribution < -0.4 is 0 Å². The number of methoxy groups -OCH3 is 1. The lowest BCUT2D eigenvalue weighted by molar-refractivity contribution is -0.343. The maximum Gasteiger partial charge on any atom is 0.221 e. The van der Waals surface area contributed by atoms with E-state index in [2.05, 4.69) is 0 Å². The predicted octanol–water partition coefficient (Wildman–Crippen LogP) is 4.16. The fourth-order valence-electron chi connectivity index (χ4n) is 6.56. The number of aliphatic hydroxyl groups is 3. The van der Waals surface area contributed by atoms with Gasteiger partial charge in [-0.3, -0.25) is 0 Å². The summed E-state index contributed by atoms with van der Waals surface area (Å²) in [5.41, 5.74) is 3.71. The Morgan fingerprint density at radius 2 is 1.02 bits per heavy atom. The topological polar surface area (TPSA) is 135 Å². The van der Waals surface area contributed by atoms with Crippen LogP contribution in [0, 0.1) is 0 Å². The third kappa shape index (κ3) is 9.51. The molecule has 0 saturated carbocycles. The van der Waals surface area contributed by atoms with E-state index in [1.54, 1.807) is 0 Å². The molecule has 4 aromatic rings. The first-order chi connectivity index (χ1) is 25.5. The van der Waals surface area contributed by atoms with Gasteiger partial charge in [-0.2, -0.15) is 0 Å². The van der Waals surface area contributed by atoms with Crippen molar-refractivity contribution in [3.63, 3.8) is 0 Å². The summed E-state index contributed by atoms with van der Waals surface area (Å²) in [4.78, 5) is 0. The van der Waals surface area contributed by atoms with E-state index in [4.69, 9.17) is 37.9 Å². The Kier molecular flexibility index (Phi) is 13.9. The SMILES string of the molecule is CO[C@H]1O[C@H](CO[C@]2(CO)O[C@H](CO)[C@@H](O)[C@@H]2OCc2ccccc2)[C@@H](OCc2ccccc2)[C@H](OCc2ccccc2)[C@@H]1OCc1ccccc1. The average molecular weight is 717 g/mol. The molecule has 52 heavy (non-hydrogen) atoms. The van der Waals surface area contributed by atoms with Crippen LogP contribution >= 0.6 is 0 Å². The molecular formula is C41H48O11. The van der Waals surface area contributed by atoms with Crippen molar-refractivity contribution in [2.45, 2.75) is 81.2 Å². The van der Waals surface area contributed by atoms with Crippen molar-refractivity contribution in [3.8, 4) is 0 Å². The molecular weight excluding hydrogens is 668 g/mol. The second-order valence-electron chi connectivity index (χ2n) is 12.9. The van der Waals surface area contributed by atoms with E-state index in [0.717, 1.165) is 22.3 Å². The van der Waals surface area contributed by atoms with Crippen LogP contribution in [0.1, 0.15) is 22.3 Å². The Morgan fingerprint density at radius 1 is 0.577 bits per heavy atom. The molecule has 0 radical (unpaired) electrons. The lowest BCUT2D eigenvalue weighted by Crippen LogP contribution is -2.62. The second kappa shape index (κ2) is 19.0. The minimum absolute atomic E-state index is 0.111. The Hall–Kier alpha value is -3.56. The highest BCUT2D eigenvalue weighted by Gasteiger charge is 2.58. The molecule has 0 aromatic heterocycles. The summed E-state index contributed by atoms with van der Waals surface area (Å²) in [6, 6.07) is 38.8. The van der Waals surface area contributed by atoms with E-state index in [9.17, 15) is 15.3 Å². The molecule has 2 aliphatic rings. The van der Waals surface area contributed by atoms with Gasteiger partial charge in [-0.05, 0) is 22.3 Å². The number of hydrogen-bond acceptors (Lipinski definition) is 11. The van der Waals surface area contributed by atoms with Crippen LogP contribution in [-0.4, -0.2) is 97.1 Å². The van der Waals surface area contributed by atoms with Gasteiger partial charge in [0.25, 0.3) is 0 Å². The van der Waals surface area contributed by atoms with E-state index in [1.165, 1.54) is 7.11 Å². The first-order valence-corrected chi connectivity index (χ1v) is 17.6. The first kappa shape index (κ1) is 38.2. The maximum atomic E-state index is 11.2. The number of ether oxygens (including phenoxy) is 8. The highest BCUT2D eigenvalue weighted by atomic mass is 16.8. The Morgan fingerprint density at radius 3 is 1.46 bits per heavy atom. The Labute approximate surface area is 304 Å². The van der Waals surface area contributed by atoms with Gasteiger partial charge in [0.15, 0.2) is 6.29 Å². The smallest absolute Gasteiger partial charge is 0.221 e. The molecule has 0 bridgehead atoms. The van der Waals surface area contributed by atoms with Gasteiger partial charge in [0.1, 0.15) is 49.3 Å². The monoisotopic (exact) mass is 716 g/mol. The summed E-state index contributed by atoms with van der Waals surface area (Å²) in [6.45, 7) is -0.500. The summed E-state index contributed by atoms with van der Waals surface area (Å²) >= 11 is 0. The van der Waals surface area contributed by atoms with Gasteiger partial charge < -0.3 is 53.2 Å². The Bertz CT molecular complexity index is 1580. The van der Waals surface area contributed by atoms with E-state index < -0.39 is 68.0 Å². The third-order valence-corrected chi connectivity index (χ3v) is 9.32. The molecule has 278 valence electrons. The van der Waals surface area contributed by atoms with Crippen molar-refractivity contribution in [2.75, 3.05) is 26.9 Å². The van der Waals surface area contributed by atoms with Crippen LogP contribution in [0.5, 0.6) is 0 Å². The van der Waals surface area contributed by atoms with Crippen LogP contribution in [-0.2, 0) is 64.3 Å². The lowest BCUT2D eigenvalue weighted by atomic mass is 9.97. The highest BCUT2D eigenvalue weighted by molar-refractivity contribution is 5.16. The molecule has 11 heteroatoms. The molecule has 0 spiro atoms. The summed E-state index contributed by atoms with van der Waals surface area (Å²) in [5.74, 6) is -1.83. The summed E-state index contributed by atoms with van der Waals surface area (Å²) < 4.78 is 50.8. The first-order valence-electron chi connectivity index (χ1n) is 17.6. The molecule has 3 N–H and O–H groups in total. The van der Waals surface area contributed by atoms with Crippen molar-refractivity contribution in [2.24, 2.45) is 0 Å². The lowest BCUT2D eigenvalue weighted by Gasteiger charge is -2.46. The predicted molar refractivity (Wildman–Crippen MR) is 189 cm³/mol. The minimum Gasteiger partial charge on any atom is -0.394 e. The van der Waals surface area contributed by atoms with Gasteiger partial charge in [0, 0.05) is 7.11 Å². The summed E-state index contributed by atoms with van der Waals surface area (Å²) in [5, 5.41) is 32.0. The number of rotatable bonds is 18. The zero-order valence-corrected chi connectivity index (χ0v) is 29.2. The van der Waals surface area contributed by atoms with E-state index >= 15 is 0 Å². The average Bonchev–Trinajstić information content (AvgIpc) is 3.48. The van der Waals surface area contributed by atoms with Crippen LogP contribution in [0.2, 0.25) is 0 Å². The zero-order valence-electron chi connectivity index (χ0n) is 29.2. The standard InChI is InChI=1S/C41H48O11/c1-45-40-38(48-25-31-18-10-4-11-19-31)37(47-24-30-16-8-3-9-17-30)36(46-23-29-14-6-2-7-15-29)34(51-40)27-50-41(28-43)39(35(44)33(22-42)52-41)49-26-32-20-12-5-13-21-32/h2-21,33-40,42-44H,22-28H2,1H3/t33-,34-,35-,36-,37+,38+,39+,40+,41-/m1/s1. The van der Waals surface area contributed by atoms with E-state index in [1.807, 2.05) is 121 Å². The molecule has 2 saturated heterocycles. The molecule has 2 fully saturated rings. The fraction of sp³-hybridized carbons (Fsp3) is 0.415. The van der Waals surface area contributed by atoms with Crippen LogP contribution in [0.15, 0.2) is 121 Å². The van der Waals surface area contributed by atoms with Gasteiger partial charge in [0.05, 0.1) is 39.6 Å². The van der Waals surface area contributed by atoms with Crippen molar-refractivity contribution >= 4 is 0 Å². The number of aliphatic hydroxyl groups excluding tert-OH is 3. The molecule has 2 heterocycles. The van der Waals surface area contributed by atoms with Gasteiger partial charge in [-0.25, -0.2) is 0 Å². The highest BCUT2D eigenvalue weighted by Crippen LogP contribution is 2.37. The van der Waals surface area contributed by atoms with Crippen molar-refractivity contribution in [3.05, 3.63) is 144 Å². The van der Waals surface area contributed by atoms with E-state index in [-0.39, 0.29) is 33.0 Å². The van der Waals surface area contributed by atoms with E-state index in [0.29, 0.717) is 0 Å². The van der Waals surface area contributed by atoms with Crippen molar-refractivity contribution < 1.29 is 53.2 Å². The quantitative estimate of drug-likeness (QED) is 0.137. The second-order valence-corrected chi connectivity index (χ2v) is 12.9. The summed E-state index contributed by atoms with van der Waals surface area (Å²) in [7, 11) is 1.53. The van der Waals surface area contributed by atoms with Crippen molar-refractivity contribution in [1.82, 2.24) is 0 Å². The third-order valence-electron chi connectivity index (χ3n) is 9.32. The van der Waals surface area contributed by atoms with Crippen LogP contribution in [0.3, 0.4) is 0 Å². The molecule has 4 aromatic carbocycles. The fourth-order valence-corrected chi connectivity index (χ4v) is 6.56. The largest absolute Gasteiger partial charge is 0.394 e. The van der Waals surface area contributed by atoms with Gasteiger partial charge in [-0.15, -0.1) is 0 Å². The number of benzene rings is 4. The van der Waals surface area contributed by atoms with Gasteiger partial charge in [-0.1, -0.05) is 121 Å². The van der Waals surface area contributed by atoms with Crippen molar-refractivity contribution in [1.29, 1.82) is 0 Å². The molecule has 9 atom stereocenters. The molecule has 2 aliphatic heterocycles. The molecule has 6 rings (SSSR count). The molecule has 0 aliphatic carbocycles. The zero-order chi connectivity index (χ0) is 36.2. The summed E-state index contributed by atoms with van der Waals surface area (Å²) in [6.07, 6.45) is -7.43.